The summed E-state index contributed by atoms with van der Waals surface area (Å²) in [7, 11) is -2.36. The lowest BCUT2D eigenvalue weighted by atomic mass is 10.2. The average Bonchev–Trinajstić information content (AvgIpc) is 2.73. The third-order valence-corrected chi connectivity index (χ3v) is 6.04. The standard InChI is InChI=1S/C21H25ClN2O6S/c1-4-29-18-9-5-16(6-10-18)13-24(3)20(25)14-30-21(26)15(2)23-31(27,28)19-11-7-17(22)8-12-19/h5-12,15,23H,4,13-14H2,1-3H3. The Morgan fingerprint density at radius 3 is 2.29 bits per heavy atom. The third kappa shape index (κ3) is 7.54. The highest BCUT2D eigenvalue weighted by Crippen LogP contribution is 2.15. The lowest BCUT2D eigenvalue weighted by molar-refractivity contribution is -0.152. The van der Waals surface area contributed by atoms with E-state index in [4.69, 9.17) is 21.1 Å². The minimum Gasteiger partial charge on any atom is -0.494 e. The molecular formula is C21H25ClN2O6S. The lowest BCUT2D eigenvalue weighted by Gasteiger charge is -2.18. The first-order valence-corrected chi connectivity index (χ1v) is 11.4. The summed E-state index contributed by atoms with van der Waals surface area (Å²) in [4.78, 5) is 25.8. The summed E-state index contributed by atoms with van der Waals surface area (Å²) in [6.07, 6.45) is 0. The molecule has 2 aromatic carbocycles. The second-order valence-electron chi connectivity index (χ2n) is 6.73. The summed E-state index contributed by atoms with van der Waals surface area (Å²) in [5, 5.41) is 0.388. The van der Waals surface area contributed by atoms with Crippen molar-refractivity contribution >= 4 is 33.5 Å². The molecule has 0 aliphatic rings. The van der Waals surface area contributed by atoms with Gasteiger partial charge in [-0.2, -0.15) is 4.72 Å². The quantitative estimate of drug-likeness (QED) is 0.538. The van der Waals surface area contributed by atoms with Crippen LogP contribution >= 0.6 is 11.6 Å². The molecule has 0 aliphatic carbocycles. The van der Waals surface area contributed by atoms with Crippen molar-refractivity contribution in [3.05, 3.63) is 59.1 Å². The molecule has 10 heteroatoms. The maximum atomic E-state index is 12.3. The van der Waals surface area contributed by atoms with Crippen LogP contribution < -0.4 is 9.46 Å². The predicted octanol–water partition coefficient (Wildman–Crippen LogP) is 2.61. The van der Waals surface area contributed by atoms with Gasteiger partial charge in [-0.25, -0.2) is 8.42 Å². The molecule has 31 heavy (non-hydrogen) atoms. The van der Waals surface area contributed by atoms with Gasteiger partial charge in [-0.05, 0) is 55.8 Å². The summed E-state index contributed by atoms with van der Waals surface area (Å²) in [6, 6.07) is 11.6. The molecule has 0 heterocycles. The van der Waals surface area contributed by atoms with Crippen molar-refractivity contribution in [2.45, 2.75) is 31.3 Å². The van der Waals surface area contributed by atoms with E-state index >= 15 is 0 Å². The molecule has 0 radical (unpaired) electrons. The molecule has 2 rings (SSSR count). The number of rotatable bonds is 10. The first-order chi connectivity index (χ1) is 14.6. The number of halogens is 1. The van der Waals surface area contributed by atoms with Crippen LogP contribution in [0, 0.1) is 0 Å². The number of hydrogen-bond donors (Lipinski definition) is 1. The number of nitrogens with zero attached hydrogens (tertiary/aromatic N) is 1. The van der Waals surface area contributed by atoms with Gasteiger partial charge in [0.05, 0.1) is 11.5 Å². The molecular weight excluding hydrogens is 444 g/mol. The SMILES string of the molecule is CCOc1ccc(CN(C)C(=O)COC(=O)C(C)NS(=O)(=O)c2ccc(Cl)cc2)cc1. The molecule has 0 aromatic heterocycles. The molecule has 0 spiro atoms. The van der Waals surface area contributed by atoms with Gasteiger partial charge in [0, 0.05) is 18.6 Å². The van der Waals surface area contributed by atoms with Gasteiger partial charge in [-0.15, -0.1) is 0 Å². The van der Waals surface area contributed by atoms with Crippen LogP contribution in [0.5, 0.6) is 5.75 Å². The molecule has 0 bridgehead atoms. The number of sulfonamides is 1. The number of carbonyl (C=O) groups is 2. The number of benzene rings is 2. The minimum absolute atomic E-state index is 0.0392. The van der Waals surface area contributed by atoms with E-state index in [9.17, 15) is 18.0 Å². The van der Waals surface area contributed by atoms with Crippen LogP contribution in [0.15, 0.2) is 53.4 Å². The molecule has 1 unspecified atom stereocenters. The fourth-order valence-electron chi connectivity index (χ4n) is 2.55. The van der Waals surface area contributed by atoms with Crippen molar-refractivity contribution in [1.29, 1.82) is 0 Å². The third-order valence-electron chi connectivity index (χ3n) is 4.23. The fourth-order valence-corrected chi connectivity index (χ4v) is 3.87. The highest BCUT2D eigenvalue weighted by molar-refractivity contribution is 7.89. The van der Waals surface area contributed by atoms with Crippen LogP contribution in [0.2, 0.25) is 5.02 Å². The number of carbonyl (C=O) groups excluding carboxylic acids is 2. The van der Waals surface area contributed by atoms with Crippen molar-refractivity contribution < 1.29 is 27.5 Å². The summed E-state index contributed by atoms with van der Waals surface area (Å²) >= 11 is 5.75. The zero-order valence-electron chi connectivity index (χ0n) is 17.5. The van der Waals surface area contributed by atoms with E-state index in [1.807, 2.05) is 31.2 Å². The number of ether oxygens (including phenoxy) is 2. The maximum absolute atomic E-state index is 12.3. The minimum atomic E-state index is -3.94. The molecule has 0 fully saturated rings. The van der Waals surface area contributed by atoms with Crippen molar-refractivity contribution in [3.8, 4) is 5.75 Å². The van der Waals surface area contributed by atoms with Gasteiger partial charge in [-0.1, -0.05) is 23.7 Å². The molecule has 0 saturated carbocycles. The summed E-state index contributed by atoms with van der Waals surface area (Å²) in [6.45, 7) is 3.62. The lowest BCUT2D eigenvalue weighted by Crippen LogP contribution is -2.41. The smallest absolute Gasteiger partial charge is 0.324 e. The zero-order valence-corrected chi connectivity index (χ0v) is 19.1. The second kappa shape index (κ2) is 11.1. The van der Waals surface area contributed by atoms with E-state index < -0.39 is 34.5 Å². The Kier molecular flexibility index (Phi) is 8.85. The Bertz CT molecular complexity index is 994. The van der Waals surface area contributed by atoms with Crippen LogP contribution in [0.25, 0.3) is 0 Å². The Morgan fingerprint density at radius 2 is 1.71 bits per heavy atom. The Hall–Kier alpha value is -2.62. The van der Waals surface area contributed by atoms with Gasteiger partial charge in [-0.3, -0.25) is 9.59 Å². The van der Waals surface area contributed by atoms with E-state index in [0.717, 1.165) is 11.3 Å². The first kappa shape index (κ1) is 24.6. The van der Waals surface area contributed by atoms with Crippen molar-refractivity contribution in [1.82, 2.24) is 9.62 Å². The highest BCUT2D eigenvalue weighted by Gasteiger charge is 2.24. The molecule has 168 valence electrons. The first-order valence-electron chi connectivity index (χ1n) is 9.52. The number of nitrogens with one attached hydrogen (secondary N) is 1. The van der Waals surface area contributed by atoms with Crippen LogP contribution in [-0.4, -0.2) is 51.5 Å². The number of likely N-dealkylation sites (N-methyl/N-ethyl adjacent to an activating group) is 1. The Labute approximate surface area is 187 Å². The van der Waals surface area contributed by atoms with Gasteiger partial charge >= 0.3 is 5.97 Å². The van der Waals surface area contributed by atoms with Gasteiger partial charge in [0.15, 0.2) is 6.61 Å². The molecule has 1 amide bonds. The van der Waals surface area contributed by atoms with E-state index in [1.54, 1.807) is 7.05 Å². The topological polar surface area (TPSA) is 102 Å². The van der Waals surface area contributed by atoms with Crippen LogP contribution in [0.4, 0.5) is 0 Å². The van der Waals surface area contributed by atoms with Crippen molar-refractivity contribution in [3.63, 3.8) is 0 Å². The highest BCUT2D eigenvalue weighted by atomic mass is 35.5. The number of amides is 1. The maximum Gasteiger partial charge on any atom is 0.324 e. The Balaban J connectivity index is 1.84. The molecule has 1 N–H and O–H groups in total. The molecule has 8 nitrogen and oxygen atoms in total. The van der Waals surface area contributed by atoms with Gasteiger partial charge in [0.2, 0.25) is 10.0 Å². The van der Waals surface area contributed by atoms with E-state index in [2.05, 4.69) is 4.72 Å². The van der Waals surface area contributed by atoms with E-state index in [-0.39, 0.29) is 4.90 Å². The van der Waals surface area contributed by atoms with E-state index in [0.29, 0.717) is 18.2 Å². The van der Waals surface area contributed by atoms with Crippen LogP contribution in [-0.2, 0) is 30.9 Å². The zero-order chi connectivity index (χ0) is 23.0. The predicted molar refractivity (Wildman–Crippen MR) is 116 cm³/mol. The van der Waals surface area contributed by atoms with Crippen molar-refractivity contribution in [2.24, 2.45) is 0 Å². The second-order valence-corrected chi connectivity index (χ2v) is 8.88. The van der Waals surface area contributed by atoms with E-state index in [1.165, 1.54) is 36.1 Å². The molecule has 0 aliphatic heterocycles. The number of esters is 1. The normalized spacial score (nSPS) is 12.1. The average molecular weight is 469 g/mol. The molecule has 0 saturated heterocycles. The molecule has 1 atom stereocenters. The summed E-state index contributed by atoms with van der Waals surface area (Å²) in [5.41, 5.74) is 0.884. The Morgan fingerprint density at radius 1 is 1.10 bits per heavy atom. The van der Waals surface area contributed by atoms with Crippen LogP contribution in [0.3, 0.4) is 0 Å². The summed E-state index contributed by atoms with van der Waals surface area (Å²) in [5.74, 6) is -0.542. The monoisotopic (exact) mass is 468 g/mol. The molecule has 2 aromatic rings. The number of hydrogen-bond acceptors (Lipinski definition) is 6. The van der Waals surface area contributed by atoms with Gasteiger partial charge in [0.25, 0.3) is 5.91 Å². The van der Waals surface area contributed by atoms with Crippen molar-refractivity contribution in [2.75, 3.05) is 20.3 Å². The largest absolute Gasteiger partial charge is 0.494 e. The van der Waals surface area contributed by atoms with Crippen LogP contribution in [0.1, 0.15) is 19.4 Å². The van der Waals surface area contributed by atoms with Gasteiger partial charge < -0.3 is 14.4 Å². The summed E-state index contributed by atoms with van der Waals surface area (Å²) < 4.78 is 37.2. The fraction of sp³-hybridized carbons (Fsp3) is 0.333. The van der Waals surface area contributed by atoms with Gasteiger partial charge in [0.1, 0.15) is 11.8 Å².